The largest absolute Gasteiger partial charge is 0.456 e. The normalized spacial score (nSPS) is 11.5. The molecule has 0 saturated carbocycles. The van der Waals surface area contributed by atoms with Crippen molar-refractivity contribution in [2.24, 2.45) is 0 Å². The van der Waals surface area contributed by atoms with Gasteiger partial charge in [-0.15, -0.1) is 0 Å². The summed E-state index contributed by atoms with van der Waals surface area (Å²) in [5.74, 6) is 0. The third-order valence-corrected chi connectivity index (χ3v) is 13.5. The van der Waals surface area contributed by atoms with E-state index in [9.17, 15) is 0 Å². The number of nitrogens with zero attached hydrogens (tertiary/aromatic N) is 1. The Bertz CT molecular complexity index is 3980. The highest BCUT2D eigenvalue weighted by molar-refractivity contribution is 6.20. The molecule has 2 aromatic heterocycles. The molecule has 11 aromatic carbocycles. The van der Waals surface area contributed by atoms with Gasteiger partial charge < -0.3 is 13.7 Å². The number of rotatable bonds is 9. The predicted molar refractivity (Wildman–Crippen MR) is 288 cm³/mol. The van der Waals surface area contributed by atoms with Crippen molar-refractivity contribution in [3.05, 3.63) is 261 Å². The first-order valence-electron chi connectivity index (χ1n) is 23.5. The zero-order valence-corrected chi connectivity index (χ0v) is 37.6. The van der Waals surface area contributed by atoms with E-state index in [2.05, 4.69) is 266 Å². The van der Waals surface area contributed by atoms with Crippen molar-refractivity contribution < 1.29 is 8.83 Å². The van der Waals surface area contributed by atoms with Crippen LogP contribution in [0.5, 0.6) is 0 Å². The Kier molecular flexibility index (Phi) is 9.84. The van der Waals surface area contributed by atoms with Crippen LogP contribution in [-0.4, -0.2) is 0 Å². The zero-order valence-electron chi connectivity index (χ0n) is 37.6. The van der Waals surface area contributed by atoms with Crippen LogP contribution in [0.2, 0.25) is 0 Å². The molecule has 0 aliphatic rings. The van der Waals surface area contributed by atoms with E-state index in [4.69, 9.17) is 8.83 Å². The molecule has 0 saturated heterocycles. The minimum atomic E-state index is 0.821. The molecular weight excluding hydrogens is 839 g/mol. The highest BCUT2D eigenvalue weighted by Gasteiger charge is 2.26. The average Bonchev–Trinajstić information content (AvgIpc) is 4.01. The van der Waals surface area contributed by atoms with E-state index in [0.29, 0.717) is 0 Å². The molecule has 0 bridgehead atoms. The molecule has 0 N–H and O–H groups in total. The number of benzene rings is 11. The summed E-state index contributed by atoms with van der Waals surface area (Å²) in [7, 11) is 0. The summed E-state index contributed by atoms with van der Waals surface area (Å²) in [6.07, 6.45) is 0. The molecule has 0 spiro atoms. The van der Waals surface area contributed by atoms with Crippen molar-refractivity contribution in [1.82, 2.24) is 0 Å². The maximum absolute atomic E-state index is 7.09. The topological polar surface area (TPSA) is 29.5 Å². The molecule has 0 aliphatic heterocycles. The van der Waals surface area contributed by atoms with Crippen LogP contribution < -0.4 is 4.90 Å². The van der Waals surface area contributed by atoms with Gasteiger partial charge in [0, 0.05) is 22.0 Å². The molecule has 13 rings (SSSR count). The molecule has 0 amide bonds. The molecule has 0 aliphatic carbocycles. The molecule has 2 heterocycles. The van der Waals surface area contributed by atoms with Crippen LogP contribution in [0.3, 0.4) is 0 Å². The lowest BCUT2D eigenvalue weighted by molar-refractivity contribution is 0.669. The van der Waals surface area contributed by atoms with Crippen LogP contribution in [-0.2, 0) is 0 Å². The van der Waals surface area contributed by atoms with Crippen LogP contribution >= 0.6 is 0 Å². The molecule has 0 fully saturated rings. The molecule has 3 nitrogen and oxygen atoms in total. The molecule has 0 radical (unpaired) electrons. The second-order valence-corrected chi connectivity index (χ2v) is 17.6. The summed E-state index contributed by atoms with van der Waals surface area (Å²) in [4.78, 5) is 2.40. The van der Waals surface area contributed by atoms with Gasteiger partial charge in [-0.3, -0.25) is 0 Å². The smallest absolute Gasteiger partial charge is 0.145 e. The second kappa shape index (κ2) is 16.9. The molecule has 13 aromatic rings. The first-order valence-corrected chi connectivity index (χ1v) is 23.5. The minimum absolute atomic E-state index is 0.821. The van der Waals surface area contributed by atoms with Crippen molar-refractivity contribution in [2.45, 2.75) is 0 Å². The molecule has 0 atom stereocenters. The van der Waals surface area contributed by atoms with Gasteiger partial charge in [0.25, 0.3) is 0 Å². The van der Waals surface area contributed by atoms with Gasteiger partial charge in [0.15, 0.2) is 0 Å². The number of hydrogen-bond donors (Lipinski definition) is 0. The van der Waals surface area contributed by atoms with Crippen LogP contribution in [0.25, 0.3) is 111 Å². The van der Waals surface area contributed by atoms with E-state index in [1.54, 1.807) is 0 Å². The SMILES string of the molecule is c1ccc(-c2ccc3c(c2)oc2cccc(N(c4ccc(-c5ccccc5-c5ccccc5-c5ccccc5)cc4)c4ccc(-c5ccccc5)c5oc6cc(-c7ccccc7)ccc6c45)c23)cc1. The summed E-state index contributed by atoms with van der Waals surface area (Å²) >= 11 is 0. The Labute approximate surface area is 400 Å². The fourth-order valence-electron chi connectivity index (χ4n) is 10.3. The monoisotopic (exact) mass is 881 g/mol. The Morgan fingerprint density at radius 1 is 0.246 bits per heavy atom. The molecular formula is C66H43NO2. The van der Waals surface area contributed by atoms with Crippen LogP contribution in [0.4, 0.5) is 17.1 Å². The molecule has 69 heavy (non-hydrogen) atoms. The maximum atomic E-state index is 7.09. The quantitative estimate of drug-likeness (QED) is 0.145. The zero-order chi connectivity index (χ0) is 45.7. The van der Waals surface area contributed by atoms with Crippen LogP contribution in [0.1, 0.15) is 0 Å². The second-order valence-electron chi connectivity index (χ2n) is 17.6. The number of hydrogen-bond acceptors (Lipinski definition) is 3. The van der Waals surface area contributed by atoms with Gasteiger partial charge in [-0.05, 0) is 122 Å². The number of furan rings is 2. The van der Waals surface area contributed by atoms with E-state index in [0.717, 1.165) is 99.9 Å². The summed E-state index contributed by atoms with van der Waals surface area (Å²) < 4.78 is 13.9. The highest BCUT2D eigenvalue weighted by Crippen LogP contribution is 2.50. The van der Waals surface area contributed by atoms with Crippen LogP contribution in [0.15, 0.2) is 270 Å². The first kappa shape index (κ1) is 40.1. The van der Waals surface area contributed by atoms with E-state index >= 15 is 0 Å². The minimum Gasteiger partial charge on any atom is -0.456 e. The van der Waals surface area contributed by atoms with Gasteiger partial charge in [0.05, 0.1) is 22.1 Å². The molecule has 324 valence electrons. The van der Waals surface area contributed by atoms with Gasteiger partial charge in [0.2, 0.25) is 0 Å². The van der Waals surface area contributed by atoms with E-state index < -0.39 is 0 Å². The Morgan fingerprint density at radius 2 is 0.681 bits per heavy atom. The summed E-state index contributed by atoms with van der Waals surface area (Å²) in [6, 6.07) is 92.8. The number of anilines is 3. The lowest BCUT2D eigenvalue weighted by atomic mass is 9.89. The first-order chi connectivity index (χ1) is 34.2. The lowest BCUT2D eigenvalue weighted by Gasteiger charge is -2.27. The third kappa shape index (κ3) is 7.08. The Balaban J connectivity index is 1.04. The van der Waals surface area contributed by atoms with E-state index in [-0.39, 0.29) is 0 Å². The van der Waals surface area contributed by atoms with Crippen molar-refractivity contribution in [2.75, 3.05) is 4.90 Å². The third-order valence-electron chi connectivity index (χ3n) is 13.5. The maximum Gasteiger partial charge on any atom is 0.145 e. The Morgan fingerprint density at radius 3 is 1.25 bits per heavy atom. The van der Waals surface area contributed by atoms with Gasteiger partial charge >= 0.3 is 0 Å². The standard InChI is InChI=1S/C66H43NO2/c1-5-18-44(19-6-1)49-34-38-57-62(42-49)68-61-31-17-30-59(64(57)61)67(51-36-32-48(33-37-51)53-27-14-16-29-56(53)55-28-15-13-26-52(55)46-22-9-3-10-23-46)60-41-40-54(47-24-11-4-12-25-47)66-65(60)58-39-35-50(43-63(58)69-66)45-20-7-2-8-21-45/h1-43H. The number of fused-ring (bicyclic) bond motifs is 6. The van der Waals surface area contributed by atoms with Gasteiger partial charge in [-0.2, -0.15) is 0 Å². The highest BCUT2D eigenvalue weighted by atomic mass is 16.3. The summed E-state index contributed by atoms with van der Waals surface area (Å²) in [5, 5.41) is 4.17. The average molecular weight is 882 g/mol. The van der Waals surface area contributed by atoms with Crippen molar-refractivity contribution >= 4 is 60.9 Å². The van der Waals surface area contributed by atoms with Crippen molar-refractivity contribution in [3.8, 4) is 66.8 Å². The Hall–Kier alpha value is -9.18. The fraction of sp³-hybridized carbons (Fsp3) is 0. The van der Waals surface area contributed by atoms with E-state index in [1.807, 2.05) is 0 Å². The summed E-state index contributed by atoms with van der Waals surface area (Å²) in [6.45, 7) is 0. The van der Waals surface area contributed by atoms with Crippen molar-refractivity contribution in [1.29, 1.82) is 0 Å². The predicted octanol–water partition coefficient (Wildman–Crippen LogP) is 19.0. The van der Waals surface area contributed by atoms with Gasteiger partial charge in [-0.1, -0.05) is 200 Å². The molecule has 3 heteroatoms. The van der Waals surface area contributed by atoms with E-state index in [1.165, 1.54) is 27.8 Å². The van der Waals surface area contributed by atoms with Gasteiger partial charge in [0.1, 0.15) is 22.3 Å². The van der Waals surface area contributed by atoms with Gasteiger partial charge in [-0.25, -0.2) is 0 Å². The van der Waals surface area contributed by atoms with Crippen molar-refractivity contribution in [3.63, 3.8) is 0 Å². The molecule has 0 unspecified atom stereocenters. The van der Waals surface area contributed by atoms with Crippen LogP contribution in [0, 0.1) is 0 Å². The fourth-order valence-corrected chi connectivity index (χ4v) is 10.3. The lowest BCUT2D eigenvalue weighted by Crippen LogP contribution is -2.11. The summed E-state index contributed by atoms with van der Waals surface area (Å²) in [5.41, 5.74) is 20.1.